The normalized spacial score (nSPS) is 14.5. The van der Waals surface area contributed by atoms with E-state index in [1.807, 2.05) is 0 Å². The van der Waals surface area contributed by atoms with Crippen LogP contribution in [0.3, 0.4) is 0 Å². The van der Waals surface area contributed by atoms with Crippen LogP contribution >= 0.6 is 11.6 Å². The number of non-ortho nitro benzene ring substituents is 1. The molecule has 1 saturated carbocycles. The molecule has 0 spiro atoms. The van der Waals surface area contributed by atoms with Crippen LogP contribution in [-0.4, -0.2) is 33.2 Å². The van der Waals surface area contributed by atoms with Gasteiger partial charge in [-0.25, -0.2) is 0 Å². The number of nitro benzene ring substituents is 1. The number of hydrogen-bond acceptors (Lipinski definition) is 6. The maximum atomic E-state index is 12.5. The topological polar surface area (TPSA) is 119 Å². The highest BCUT2D eigenvalue weighted by molar-refractivity contribution is 6.33. The minimum Gasteiger partial charge on any atom is -0.373 e. The lowest BCUT2D eigenvalue weighted by atomic mass is 9.95. The number of nitro groups is 1. The molecular formula is C18H20ClN5O4. The van der Waals surface area contributed by atoms with Crippen molar-refractivity contribution in [3.8, 4) is 5.69 Å². The van der Waals surface area contributed by atoms with Crippen molar-refractivity contribution in [2.75, 3.05) is 11.9 Å². The SMILES string of the molecule is O=C(CNc1cnn(-c2ccc([N+](=O)[O-])cc2)c(=O)c1Cl)NC1CCCCC1. The molecule has 28 heavy (non-hydrogen) atoms. The fourth-order valence-corrected chi connectivity index (χ4v) is 3.35. The van der Waals surface area contributed by atoms with Gasteiger partial charge in [0.1, 0.15) is 5.02 Å². The Morgan fingerprint density at radius 3 is 2.57 bits per heavy atom. The summed E-state index contributed by atoms with van der Waals surface area (Å²) in [5, 5.41) is 20.5. The van der Waals surface area contributed by atoms with E-state index < -0.39 is 10.5 Å². The molecule has 0 bridgehead atoms. The summed E-state index contributed by atoms with van der Waals surface area (Å²) in [5.74, 6) is -0.164. The third-order valence-corrected chi connectivity index (χ3v) is 5.00. The second kappa shape index (κ2) is 8.83. The van der Waals surface area contributed by atoms with Gasteiger partial charge in [0.2, 0.25) is 5.91 Å². The molecule has 1 aromatic heterocycles. The van der Waals surface area contributed by atoms with Gasteiger partial charge in [0.25, 0.3) is 11.2 Å². The van der Waals surface area contributed by atoms with E-state index in [9.17, 15) is 19.7 Å². The molecule has 1 amide bonds. The number of anilines is 1. The van der Waals surface area contributed by atoms with Crippen LogP contribution in [0.4, 0.5) is 11.4 Å². The van der Waals surface area contributed by atoms with E-state index in [0.717, 1.165) is 30.4 Å². The molecule has 0 saturated heterocycles. The standard InChI is InChI=1S/C18H20ClN5O4/c19-17-15(20-11-16(25)22-12-4-2-1-3-5-12)10-21-23(18(17)26)13-6-8-14(9-7-13)24(27)28/h6-10,12,20H,1-5,11H2,(H,22,25). The molecule has 1 fully saturated rings. The molecule has 9 nitrogen and oxygen atoms in total. The number of nitrogens with one attached hydrogen (secondary N) is 2. The molecule has 3 rings (SSSR count). The van der Waals surface area contributed by atoms with Gasteiger partial charge in [0.05, 0.1) is 29.0 Å². The number of halogens is 1. The molecule has 1 heterocycles. The number of amides is 1. The predicted molar refractivity (Wildman–Crippen MR) is 105 cm³/mol. The minimum atomic E-state index is -0.590. The lowest BCUT2D eigenvalue weighted by Gasteiger charge is -2.22. The molecule has 148 valence electrons. The summed E-state index contributed by atoms with van der Waals surface area (Å²) in [6.07, 6.45) is 6.76. The fourth-order valence-electron chi connectivity index (χ4n) is 3.16. The van der Waals surface area contributed by atoms with Crippen LogP contribution in [0.15, 0.2) is 35.3 Å². The summed E-state index contributed by atoms with van der Waals surface area (Å²) < 4.78 is 1.04. The van der Waals surface area contributed by atoms with Crippen LogP contribution in [-0.2, 0) is 4.79 Å². The highest BCUT2D eigenvalue weighted by Crippen LogP contribution is 2.19. The Balaban J connectivity index is 1.67. The van der Waals surface area contributed by atoms with Crippen molar-refractivity contribution in [3.63, 3.8) is 0 Å². The third-order valence-electron chi connectivity index (χ3n) is 4.63. The number of carbonyl (C=O) groups is 1. The second-order valence-electron chi connectivity index (χ2n) is 6.62. The van der Waals surface area contributed by atoms with Crippen LogP contribution in [0.1, 0.15) is 32.1 Å². The highest BCUT2D eigenvalue weighted by atomic mass is 35.5. The van der Waals surface area contributed by atoms with E-state index in [4.69, 9.17) is 11.6 Å². The molecule has 0 aliphatic heterocycles. The monoisotopic (exact) mass is 405 g/mol. The van der Waals surface area contributed by atoms with Crippen LogP contribution in [0, 0.1) is 10.1 Å². The second-order valence-corrected chi connectivity index (χ2v) is 7.00. The molecule has 1 aliphatic carbocycles. The number of aromatic nitrogens is 2. The van der Waals surface area contributed by atoms with Crippen LogP contribution in [0.2, 0.25) is 5.02 Å². The Labute approximate surface area is 165 Å². The number of carbonyl (C=O) groups excluding carboxylic acids is 1. The molecule has 2 N–H and O–H groups in total. The van der Waals surface area contributed by atoms with Crippen molar-refractivity contribution in [3.05, 3.63) is 56.0 Å². The first-order valence-electron chi connectivity index (χ1n) is 9.01. The summed E-state index contributed by atoms with van der Waals surface area (Å²) in [4.78, 5) is 34.7. The maximum absolute atomic E-state index is 12.5. The van der Waals surface area contributed by atoms with Gasteiger partial charge in [-0.2, -0.15) is 9.78 Å². The predicted octanol–water partition coefficient (Wildman–Crippen LogP) is 2.65. The van der Waals surface area contributed by atoms with Crippen LogP contribution < -0.4 is 16.2 Å². The first-order chi connectivity index (χ1) is 13.5. The van der Waals surface area contributed by atoms with Crippen molar-refractivity contribution in [2.24, 2.45) is 0 Å². The minimum absolute atomic E-state index is 0.0150. The summed E-state index contributed by atoms with van der Waals surface area (Å²) in [6, 6.07) is 5.58. The molecule has 2 aromatic rings. The first kappa shape index (κ1) is 19.8. The van der Waals surface area contributed by atoms with Gasteiger partial charge in [-0.1, -0.05) is 30.9 Å². The first-order valence-corrected chi connectivity index (χ1v) is 9.39. The van der Waals surface area contributed by atoms with Gasteiger partial charge in [0.15, 0.2) is 0 Å². The zero-order valence-corrected chi connectivity index (χ0v) is 15.8. The van der Waals surface area contributed by atoms with Crippen molar-refractivity contribution in [1.29, 1.82) is 0 Å². The van der Waals surface area contributed by atoms with E-state index in [2.05, 4.69) is 15.7 Å². The summed E-state index contributed by atoms with van der Waals surface area (Å²) in [5.41, 5.74) is -0.0823. The van der Waals surface area contributed by atoms with Gasteiger partial charge < -0.3 is 10.6 Å². The Hall–Kier alpha value is -2.94. The van der Waals surface area contributed by atoms with Crippen molar-refractivity contribution in [2.45, 2.75) is 38.1 Å². The van der Waals surface area contributed by atoms with Crippen molar-refractivity contribution in [1.82, 2.24) is 15.1 Å². The van der Waals surface area contributed by atoms with Gasteiger partial charge in [-0.3, -0.25) is 19.7 Å². The fraction of sp³-hybridized carbons (Fsp3) is 0.389. The zero-order chi connectivity index (χ0) is 20.1. The summed E-state index contributed by atoms with van der Waals surface area (Å²) in [6.45, 7) is -0.0150. The molecule has 0 unspecified atom stereocenters. The smallest absolute Gasteiger partial charge is 0.292 e. The molecule has 1 aromatic carbocycles. The van der Waals surface area contributed by atoms with Gasteiger partial charge in [-0.15, -0.1) is 0 Å². The zero-order valence-electron chi connectivity index (χ0n) is 15.1. The summed E-state index contributed by atoms with van der Waals surface area (Å²) >= 11 is 6.13. The van der Waals surface area contributed by atoms with E-state index in [0.29, 0.717) is 5.69 Å². The van der Waals surface area contributed by atoms with Crippen LogP contribution in [0.5, 0.6) is 0 Å². The van der Waals surface area contributed by atoms with E-state index >= 15 is 0 Å². The van der Waals surface area contributed by atoms with Crippen molar-refractivity contribution < 1.29 is 9.72 Å². The molecule has 0 radical (unpaired) electrons. The Morgan fingerprint density at radius 2 is 1.93 bits per heavy atom. The third kappa shape index (κ3) is 4.66. The Bertz CT molecular complexity index is 923. The Morgan fingerprint density at radius 1 is 1.25 bits per heavy atom. The molecule has 10 heteroatoms. The van der Waals surface area contributed by atoms with Gasteiger partial charge >= 0.3 is 0 Å². The van der Waals surface area contributed by atoms with Crippen molar-refractivity contribution >= 4 is 28.9 Å². The lowest BCUT2D eigenvalue weighted by Crippen LogP contribution is -2.39. The van der Waals surface area contributed by atoms with E-state index in [-0.39, 0.29) is 34.9 Å². The number of rotatable bonds is 6. The average molecular weight is 406 g/mol. The quantitative estimate of drug-likeness (QED) is 0.563. The lowest BCUT2D eigenvalue weighted by molar-refractivity contribution is -0.384. The maximum Gasteiger partial charge on any atom is 0.292 e. The number of benzene rings is 1. The van der Waals surface area contributed by atoms with Gasteiger partial charge in [-0.05, 0) is 25.0 Å². The number of nitrogens with zero attached hydrogens (tertiary/aromatic N) is 3. The largest absolute Gasteiger partial charge is 0.373 e. The number of hydrogen-bond donors (Lipinski definition) is 2. The van der Waals surface area contributed by atoms with Gasteiger partial charge in [0, 0.05) is 18.2 Å². The van der Waals surface area contributed by atoms with Crippen LogP contribution in [0.25, 0.3) is 5.69 Å². The van der Waals surface area contributed by atoms with E-state index in [1.165, 1.54) is 36.9 Å². The Kier molecular flexibility index (Phi) is 6.25. The average Bonchev–Trinajstić information content (AvgIpc) is 2.70. The van der Waals surface area contributed by atoms with E-state index in [1.54, 1.807) is 0 Å². The summed E-state index contributed by atoms with van der Waals surface area (Å²) in [7, 11) is 0. The highest BCUT2D eigenvalue weighted by Gasteiger charge is 2.17. The molecule has 1 aliphatic rings. The molecular weight excluding hydrogens is 386 g/mol. The molecule has 0 atom stereocenters.